The molecule has 0 aromatic rings. The van der Waals surface area contributed by atoms with E-state index in [1.165, 1.54) is 0 Å². The lowest BCUT2D eigenvalue weighted by Crippen LogP contribution is -2.27. The van der Waals surface area contributed by atoms with Crippen LogP contribution in [0.15, 0.2) is 22.2 Å². The van der Waals surface area contributed by atoms with E-state index in [9.17, 15) is 9.59 Å². The Kier molecular flexibility index (Phi) is 2.40. The van der Waals surface area contributed by atoms with E-state index in [1.807, 2.05) is 0 Å². The predicted molar refractivity (Wildman–Crippen MR) is 70.0 cm³/mol. The van der Waals surface area contributed by atoms with Crippen molar-refractivity contribution >= 4 is 27.7 Å². The largest absolute Gasteiger partial charge is 0.454 e. The molecule has 18 heavy (non-hydrogen) atoms. The van der Waals surface area contributed by atoms with Gasteiger partial charge < -0.3 is 4.74 Å². The maximum atomic E-state index is 11.9. The first-order chi connectivity index (χ1) is 8.36. The summed E-state index contributed by atoms with van der Waals surface area (Å²) in [4.78, 5) is 23.4. The molecule has 3 nitrogen and oxygen atoms in total. The summed E-state index contributed by atoms with van der Waals surface area (Å²) in [5.74, 6) is 0.530. The summed E-state index contributed by atoms with van der Waals surface area (Å²) >= 11 is 3.43. The topological polar surface area (TPSA) is 43.4 Å². The lowest BCUT2D eigenvalue weighted by molar-refractivity contribution is -0.140. The highest BCUT2D eigenvalue weighted by atomic mass is 79.9. The van der Waals surface area contributed by atoms with Crippen molar-refractivity contribution in [2.45, 2.75) is 32.8 Å². The normalized spacial score (nSPS) is 42.4. The first-order valence-corrected chi connectivity index (χ1v) is 6.96. The molecule has 0 radical (unpaired) electrons. The first kappa shape index (κ1) is 12.2. The van der Waals surface area contributed by atoms with E-state index in [0.29, 0.717) is 23.5 Å². The molecule has 0 bridgehead atoms. The number of hydrogen-bond acceptors (Lipinski definition) is 3. The van der Waals surface area contributed by atoms with Crippen LogP contribution < -0.4 is 0 Å². The molecule has 2 fully saturated rings. The van der Waals surface area contributed by atoms with Crippen molar-refractivity contribution in [3.63, 3.8) is 0 Å². The van der Waals surface area contributed by atoms with E-state index < -0.39 is 0 Å². The van der Waals surface area contributed by atoms with Gasteiger partial charge in [-0.25, -0.2) is 4.79 Å². The number of esters is 1. The second-order valence-electron chi connectivity index (χ2n) is 5.78. The van der Waals surface area contributed by atoms with Crippen LogP contribution in [-0.2, 0) is 14.3 Å². The van der Waals surface area contributed by atoms with Crippen LogP contribution in [0.3, 0.4) is 0 Å². The average Bonchev–Trinajstić information content (AvgIpc) is 3.06. The second-order valence-corrected chi connectivity index (χ2v) is 6.63. The third-order valence-electron chi connectivity index (χ3n) is 4.74. The molecule has 1 aliphatic heterocycles. The van der Waals surface area contributed by atoms with Gasteiger partial charge in [-0.1, -0.05) is 29.4 Å². The second kappa shape index (κ2) is 3.56. The van der Waals surface area contributed by atoms with Crippen molar-refractivity contribution in [3.8, 4) is 0 Å². The Morgan fingerprint density at radius 2 is 2.17 bits per heavy atom. The van der Waals surface area contributed by atoms with Gasteiger partial charge in [0, 0.05) is 21.4 Å². The standard InChI is InChI=1S/C14H15BrO3/c1-6-11(15)10(18-13(6)17)5-14(3)7(2)12(16)8-4-9(8)14/h8-10H,2,4-5H2,1,3H3/t8-,9+,10?,14-/m0/s1. The van der Waals surface area contributed by atoms with Crippen LogP contribution in [0.1, 0.15) is 26.7 Å². The zero-order valence-corrected chi connectivity index (χ0v) is 12.0. The number of cyclic esters (lactones) is 1. The van der Waals surface area contributed by atoms with Gasteiger partial charge >= 0.3 is 5.97 Å². The van der Waals surface area contributed by atoms with E-state index in [2.05, 4.69) is 29.4 Å². The maximum Gasteiger partial charge on any atom is 0.335 e. The van der Waals surface area contributed by atoms with Crippen molar-refractivity contribution in [2.24, 2.45) is 17.3 Å². The minimum atomic E-state index is -0.266. The summed E-state index contributed by atoms with van der Waals surface area (Å²) in [5.41, 5.74) is 1.13. The van der Waals surface area contributed by atoms with Crippen LogP contribution in [0, 0.1) is 17.3 Å². The molecule has 3 aliphatic rings. The fraction of sp³-hybridized carbons (Fsp3) is 0.571. The van der Waals surface area contributed by atoms with Gasteiger partial charge in [-0.05, 0) is 31.3 Å². The molecule has 0 amide bonds. The SMILES string of the molecule is C=C1C(=O)[C@H]2C[C@H]2[C@@]1(C)CC1OC(=O)C(C)=C1Br. The molecule has 1 unspecified atom stereocenters. The first-order valence-electron chi connectivity index (χ1n) is 6.17. The van der Waals surface area contributed by atoms with Gasteiger partial charge in [-0.3, -0.25) is 4.79 Å². The van der Waals surface area contributed by atoms with Crippen LogP contribution in [-0.4, -0.2) is 17.9 Å². The Morgan fingerprint density at radius 1 is 1.50 bits per heavy atom. The molecule has 2 saturated carbocycles. The number of rotatable bonds is 2. The van der Waals surface area contributed by atoms with Gasteiger partial charge in [-0.15, -0.1) is 0 Å². The van der Waals surface area contributed by atoms with Crippen LogP contribution in [0.4, 0.5) is 0 Å². The molecule has 0 aromatic carbocycles. The quantitative estimate of drug-likeness (QED) is 0.582. The van der Waals surface area contributed by atoms with Gasteiger partial charge in [-0.2, -0.15) is 0 Å². The molecule has 3 rings (SSSR count). The van der Waals surface area contributed by atoms with Crippen molar-refractivity contribution in [1.82, 2.24) is 0 Å². The fourth-order valence-electron chi connectivity index (χ4n) is 3.32. The number of fused-ring (bicyclic) bond motifs is 1. The van der Waals surface area contributed by atoms with Gasteiger partial charge in [0.1, 0.15) is 6.10 Å². The summed E-state index contributed by atoms with van der Waals surface area (Å²) in [6, 6.07) is 0. The zero-order valence-electron chi connectivity index (χ0n) is 10.5. The highest BCUT2D eigenvalue weighted by Gasteiger charge is 2.63. The molecule has 0 aromatic heterocycles. The van der Waals surface area contributed by atoms with Crippen LogP contribution in [0.25, 0.3) is 0 Å². The molecule has 96 valence electrons. The Balaban J connectivity index is 1.84. The molecular formula is C14H15BrO3. The van der Waals surface area contributed by atoms with Gasteiger partial charge in [0.15, 0.2) is 5.78 Å². The number of allylic oxidation sites excluding steroid dienone is 1. The minimum absolute atomic E-state index is 0.184. The molecule has 4 atom stereocenters. The van der Waals surface area contributed by atoms with Gasteiger partial charge in [0.2, 0.25) is 0 Å². The predicted octanol–water partition coefficient (Wildman–Crippen LogP) is 2.75. The smallest absolute Gasteiger partial charge is 0.335 e. The molecule has 0 saturated heterocycles. The maximum absolute atomic E-state index is 11.9. The van der Waals surface area contributed by atoms with Crippen molar-refractivity contribution in [1.29, 1.82) is 0 Å². The van der Waals surface area contributed by atoms with E-state index >= 15 is 0 Å². The van der Waals surface area contributed by atoms with Crippen LogP contribution >= 0.6 is 15.9 Å². The van der Waals surface area contributed by atoms with Crippen molar-refractivity contribution in [2.75, 3.05) is 0 Å². The fourth-order valence-corrected chi connectivity index (χ4v) is 3.73. The van der Waals surface area contributed by atoms with E-state index in [-0.39, 0.29) is 29.2 Å². The summed E-state index contributed by atoms with van der Waals surface area (Å²) in [6.07, 6.45) is 1.36. The third kappa shape index (κ3) is 1.41. The zero-order chi connectivity index (χ0) is 13.2. The van der Waals surface area contributed by atoms with Crippen molar-refractivity contribution < 1.29 is 14.3 Å². The minimum Gasteiger partial charge on any atom is -0.454 e. The van der Waals surface area contributed by atoms with E-state index in [4.69, 9.17) is 4.74 Å². The molecule has 0 N–H and O–H groups in total. The lowest BCUT2D eigenvalue weighted by atomic mass is 9.76. The van der Waals surface area contributed by atoms with Crippen LogP contribution in [0.2, 0.25) is 0 Å². The van der Waals surface area contributed by atoms with Gasteiger partial charge in [0.05, 0.1) is 0 Å². The summed E-state index contributed by atoms with van der Waals surface area (Å²) < 4.78 is 6.17. The number of carbonyl (C=O) groups excluding carboxylic acids is 2. The Bertz CT molecular complexity index is 519. The summed E-state index contributed by atoms with van der Waals surface area (Å²) in [6.45, 7) is 7.78. The molecule has 0 spiro atoms. The highest BCUT2D eigenvalue weighted by molar-refractivity contribution is 9.11. The number of halogens is 1. The number of ketones is 1. The van der Waals surface area contributed by atoms with Crippen LogP contribution in [0.5, 0.6) is 0 Å². The number of Topliss-reactive ketones (excluding diaryl/α,β-unsaturated/α-hetero) is 1. The lowest BCUT2D eigenvalue weighted by Gasteiger charge is -2.29. The third-order valence-corrected chi connectivity index (χ3v) is 5.84. The number of ether oxygens (including phenoxy) is 1. The van der Waals surface area contributed by atoms with Crippen molar-refractivity contribution in [3.05, 3.63) is 22.2 Å². The van der Waals surface area contributed by atoms with E-state index in [1.54, 1.807) is 6.92 Å². The molecule has 4 heteroatoms. The molecular weight excluding hydrogens is 296 g/mol. The molecule has 1 heterocycles. The monoisotopic (exact) mass is 310 g/mol. The average molecular weight is 311 g/mol. The summed E-state index contributed by atoms with van der Waals surface area (Å²) in [5, 5.41) is 0. The Hall–Kier alpha value is -0.900. The van der Waals surface area contributed by atoms with E-state index in [0.717, 1.165) is 10.9 Å². The van der Waals surface area contributed by atoms with Gasteiger partial charge in [0.25, 0.3) is 0 Å². The number of hydrogen-bond donors (Lipinski definition) is 0. The Morgan fingerprint density at radius 3 is 2.61 bits per heavy atom. The molecule has 2 aliphatic carbocycles. The Labute approximate surface area is 114 Å². The highest BCUT2D eigenvalue weighted by Crippen LogP contribution is 2.64. The number of carbonyl (C=O) groups is 2. The summed E-state index contributed by atoms with van der Waals surface area (Å²) in [7, 11) is 0.